The minimum absolute atomic E-state index is 0.104. The Morgan fingerprint density at radius 3 is 2.44 bits per heavy atom. The molecule has 1 aromatic rings. The monoisotopic (exact) mass is 351 g/mol. The molecule has 1 fully saturated rings. The van der Waals surface area contributed by atoms with Gasteiger partial charge in [0.25, 0.3) is 0 Å². The third kappa shape index (κ3) is 5.94. The summed E-state index contributed by atoms with van der Waals surface area (Å²) in [6.07, 6.45) is 2.98. The molecule has 1 aliphatic rings. The van der Waals surface area contributed by atoms with Crippen LogP contribution in [0.5, 0.6) is 11.5 Å². The predicted molar refractivity (Wildman–Crippen MR) is 90.8 cm³/mol. The van der Waals surface area contributed by atoms with Crippen molar-refractivity contribution in [3.8, 4) is 11.5 Å². The number of ether oxygens (including phenoxy) is 3. The SMILES string of the molecule is COc1cc(CN(CC(=O)O)C(=O)CCC2CCCO2)cc(OC)c1. The molecular weight excluding hydrogens is 326 g/mol. The van der Waals surface area contributed by atoms with Crippen LogP contribution in [0.25, 0.3) is 0 Å². The summed E-state index contributed by atoms with van der Waals surface area (Å²) in [6.45, 7) is 0.579. The lowest BCUT2D eigenvalue weighted by Crippen LogP contribution is -2.35. The van der Waals surface area contributed by atoms with Crippen LogP contribution in [0.15, 0.2) is 18.2 Å². The Morgan fingerprint density at radius 1 is 1.24 bits per heavy atom. The molecule has 0 spiro atoms. The lowest BCUT2D eigenvalue weighted by molar-refractivity contribution is -0.145. The second-order valence-corrected chi connectivity index (χ2v) is 6.04. The maximum absolute atomic E-state index is 12.5. The Bertz CT molecular complexity index is 575. The summed E-state index contributed by atoms with van der Waals surface area (Å²) >= 11 is 0. The lowest BCUT2D eigenvalue weighted by Gasteiger charge is -2.22. The van der Waals surface area contributed by atoms with Crippen LogP contribution in [-0.2, 0) is 20.9 Å². The number of nitrogens with zero attached hydrogens (tertiary/aromatic N) is 1. The first-order valence-corrected chi connectivity index (χ1v) is 8.35. The van der Waals surface area contributed by atoms with Crippen LogP contribution in [0, 0.1) is 0 Å². The minimum Gasteiger partial charge on any atom is -0.497 e. The van der Waals surface area contributed by atoms with Crippen LogP contribution < -0.4 is 9.47 Å². The zero-order valence-corrected chi connectivity index (χ0v) is 14.7. The van der Waals surface area contributed by atoms with Crippen molar-refractivity contribution in [2.75, 3.05) is 27.4 Å². The molecule has 0 radical (unpaired) electrons. The maximum atomic E-state index is 12.5. The Morgan fingerprint density at radius 2 is 1.92 bits per heavy atom. The molecule has 1 N–H and O–H groups in total. The largest absolute Gasteiger partial charge is 0.497 e. The van der Waals surface area contributed by atoms with Gasteiger partial charge in [0.05, 0.1) is 20.3 Å². The highest BCUT2D eigenvalue weighted by Crippen LogP contribution is 2.24. The van der Waals surface area contributed by atoms with E-state index in [2.05, 4.69) is 0 Å². The van der Waals surface area contributed by atoms with Crippen LogP contribution in [0.2, 0.25) is 0 Å². The Kier molecular flexibility index (Phi) is 7.06. The van der Waals surface area contributed by atoms with Crippen molar-refractivity contribution in [3.05, 3.63) is 23.8 Å². The van der Waals surface area contributed by atoms with Crippen LogP contribution in [0.4, 0.5) is 0 Å². The van der Waals surface area contributed by atoms with Gasteiger partial charge in [-0.15, -0.1) is 0 Å². The summed E-state index contributed by atoms with van der Waals surface area (Å²) < 4.78 is 16.0. The first-order valence-electron chi connectivity index (χ1n) is 8.35. The van der Waals surface area contributed by atoms with E-state index in [0.29, 0.717) is 17.9 Å². The first-order chi connectivity index (χ1) is 12.0. The van der Waals surface area contributed by atoms with E-state index in [9.17, 15) is 9.59 Å². The van der Waals surface area contributed by atoms with Crippen molar-refractivity contribution in [3.63, 3.8) is 0 Å². The molecule has 25 heavy (non-hydrogen) atoms. The molecular formula is C18H25NO6. The van der Waals surface area contributed by atoms with E-state index in [1.54, 1.807) is 32.4 Å². The number of hydrogen-bond donors (Lipinski definition) is 1. The molecule has 0 saturated carbocycles. The molecule has 7 heteroatoms. The van der Waals surface area contributed by atoms with E-state index in [0.717, 1.165) is 25.0 Å². The number of aliphatic carboxylic acids is 1. The minimum atomic E-state index is -1.04. The predicted octanol–water partition coefficient (Wildman–Crippen LogP) is 2.08. The van der Waals surface area contributed by atoms with Crippen molar-refractivity contribution >= 4 is 11.9 Å². The molecule has 1 amide bonds. The quantitative estimate of drug-likeness (QED) is 0.733. The Balaban J connectivity index is 2.05. The summed E-state index contributed by atoms with van der Waals surface area (Å²) in [5.41, 5.74) is 0.753. The van der Waals surface area contributed by atoms with Gasteiger partial charge in [-0.3, -0.25) is 9.59 Å². The molecule has 1 atom stereocenters. The number of carbonyl (C=O) groups excluding carboxylic acids is 1. The molecule has 1 aliphatic heterocycles. The third-order valence-corrected chi connectivity index (χ3v) is 4.17. The van der Waals surface area contributed by atoms with Crippen molar-refractivity contribution in [1.29, 1.82) is 0 Å². The van der Waals surface area contributed by atoms with Crippen molar-refractivity contribution in [1.82, 2.24) is 4.90 Å². The van der Waals surface area contributed by atoms with Crippen molar-refractivity contribution in [2.24, 2.45) is 0 Å². The van der Waals surface area contributed by atoms with E-state index in [1.807, 2.05) is 0 Å². The molecule has 0 aliphatic carbocycles. The summed E-state index contributed by atoms with van der Waals surface area (Å²) in [5, 5.41) is 9.12. The highest BCUT2D eigenvalue weighted by molar-refractivity contribution is 5.81. The van der Waals surface area contributed by atoms with Gasteiger partial charge in [0.2, 0.25) is 5.91 Å². The van der Waals surface area contributed by atoms with Gasteiger partial charge in [0.1, 0.15) is 18.0 Å². The Hall–Kier alpha value is -2.28. The van der Waals surface area contributed by atoms with Gasteiger partial charge in [-0.05, 0) is 37.0 Å². The van der Waals surface area contributed by atoms with Gasteiger partial charge >= 0.3 is 5.97 Å². The average Bonchev–Trinajstić information content (AvgIpc) is 3.11. The van der Waals surface area contributed by atoms with Gasteiger partial charge in [-0.2, -0.15) is 0 Å². The van der Waals surface area contributed by atoms with Crippen LogP contribution >= 0.6 is 0 Å². The molecule has 1 unspecified atom stereocenters. The lowest BCUT2D eigenvalue weighted by atomic mass is 10.1. The number of rotatable bonds is 9. The fourth-order valence-electron chi connectivity index (χ4n) is 2.89. The third-order valence-electron chi connectivity index (χ3n) is 4.17. The zero-order valence-electron chi connectivity index (χ0n) is 14.7. The van der Waals surface area contributed by atoms with E-state index < -0.39 is 5.97 Å². The van der Waals surface area contributed by atoms with Gasteiger partial charge < -0.3 is 24.2 Å². The highest BCUT2D eigenvalue weighted by Gasteiger charge is 2.21. The molecule has 138 valence electrons. The molecule has 2 rings (SSSR count). The van der Waals surface area contributed by atoms with Crippen molar-refractivity contribution in [2.45, 2.75) is 38.3 Å². The van der Waals surface area contributed by atoms with Crippen LogP contribution in [-0.4, -0.2) is 55.4 Å². The highest BCUT2D eigenvalue weighted by atomic mass is 16.5. The molecule has 0 bridgehead atoms. The number of carboxylic acids is 1. The summed E-state index contributed by atoms with van der Waals surface area (Å²) in [5.74, 6) is -0.0483. The number of carbonyl (C=O) groups is 2. The molecule has 1 aromatic carbocycles. The first kappa shape index (κ1) is 19.1. The van der Waals surface area contributed by atoms with E-state index >= 15 is 0 Å². The Labute approximate surface area is 147 Å². The maximum Gasteiger partial charge on any atom is 0.323 e. The van der Waals surface area contributed by atoms with Gasteiger partial charge in [-0.1, -0.05) is 0 Å². The van der Waals surface area contributed by atoms with E-state index in [-0.39, 0.29) is 31.5 Å². The molecule has 1 saturated heterocycles. The number of benzene rings is 1. The second-order valence-electron chi connectivity index (χ2n) is 6.04. The second kappa shape index (κ2) is 9.27. The van der Waals surface area contributed by atoms with Gasteiger partial charge in [0.15, 0.2) is 0 Å². The smallest absolute Gasteiger partial charge is 0.323 e. The standard InChI is InChI=1S/C18H25NO6/c1-23-15-8-13(9-16(10-15)24-2)11-19(12-18(21)22)17(20)6-5-14-4-3-7-25-14/h8-10,14H,3-7,11-12H2,1-2H3,(H,21,22). The number of methoxy groups -OCH3 is 2. The summed E-state index contributed by atoms with van der Waals surface area (Å²) in [6, 6.07) is 5.26. The summed E-state index contributed by atoms with van der Waals surface area (Å²) in [7, 11) is 3.08. The number of hydrogen-bond acceptors (Lipinski definition) is 5. The number of carboxylic acid groups (broad SMARTS) is 1. The molecule has 7 nitrogen and oxygen atoms in total. The average molecular weight is 351 g/mol. The van der Waals surface area contributed by atoms with Gasteiger partial charge in [0, 0.05) is 25.6 Å². The fourth-order valence-corrected chi connectivity index (χ4v) is 2.89. The zero-order chi connectivity index (χ0) is 18.2. The van der Waals surface area contributed by atoms with Crippen LogP contribution in [0.1, 0.15) is 31.2 Å². The number of amides is 1. The summed E-state index contributed by atoms with van der Waals surface area (Å²) in [4.78, 5) is 25.0. The van der Waals surface area contributed by atoms with E-state index in [1.165, 1.54) is 4.90 Å². The van der Waals surface area contributed by atoms with Crippen molar-refractivity contribution < 1.29 is 28.9 Å². The fraction of sp³-hybridized carbons (Fsp3) is 0.556. The van der Waals surface area contributed by atoms with E-state index in [4.69, 9.17) is 19.3 Å². The van der Waals surface area contributed by atoms with Crippen LogP contribution in [0.3, 0.4) is 0 Å². The molecule has 1 heterocycles. The molecule has 0 aromatic heterocycles. The van der Waals surface area contributed by atoms with Gasteiger partial charge in [-0.25, -0.2) is 0 Å². The normalized spacial score (nSPS) is 16.5. The topological polar surface area (TPSA) is 85.3 Å².